The second kappa shape index (κ2) is 6.38. The molecule has 5 nitrogen and oxygen atoms in total. The van der Waals surface area contributed by atoms with Crippen LogP contribution in [0.1, 0.15) is 39.0 Å². The molecule has 0 aromatic heterocycles. The minimum Gasteiger partial charge on any atom is -0.379 e. The van der Waals surface area contributed by atoms with Gasteiger partial charge in [0.15, 0.2) is 0 Å². The number of hydrogen-bond acceptors (Lipinski definition) is 3. The maximum absolute atomic E-state index is 5.64. The molecule has 18 heavy (non-hydrogen) atoms. The monoisotopic (exact) mass is 254 g/mol. The number of piperidine rings is 1. The van der Waals surface area contributed by atoms with Crippen LogP contribution < -0.4 is 11.3 Å². The fraction of sp³-hybridized carbons (Fsp3) is 0.923. The molecule has 1 heterocycles. The molecule has 0 amide bonds. The molecule has 2 aliphatic rings. The zero-order valence-corrected chi connectivity index (χ0v) is 11.6. The van der Waals surface area contributed by atoms with Gasteiger partial charge in [-0.2, -0.15) is 0 Å². The molecule has 0 spiro atoms. The van der Waals surface area contributed by atoms with Gasteiger partial charge in [-0.3, -0.25) is 5.43 Å². The lowest BCUT2D eigenvalue weighted by molar-refractivity contribution is 0.0139. The fourth-order valence-electron chi connectivity index (χ4n) is 2.95. The van der Waals surface area contributed by atoms with Gasteiger partial charge in [0.2, 0.25) is 5.96 Å². The molecule has 0 aromatic rings. The first kappa shape index (κ1) is 13.6. The van der Waals surface area contributed by atoms with E-state index in [2.05, 4.69) is 17.2 Å². The molecule has 5 heteroatoms. The van der Waals surface area contributed by atoms with E-state index in [0.29, 0.717) is 12.0 Å². The molecule has 1 aliphatic heterocycles. The number of methoxy groups -OCH3 is 1. The summed E-state index contributed by atoms with van der Waals surface area (Å²) in [6.45, 7) is 4.14. The number of nitrogens with zero attached hydrogens (tertiary/aromatic N) is 2. The number of aliphatic imine (C=N–C) groups is 1. The Kier molecular flexibility index (Phi) is 4.83. The second-order valence-electron chi connectivity index (χ2n) is 5.52. The van der Waals surface area contributed by atoms with Crippen molar-refractivity contribution in [3.63, 3.8) is 0 Å². The highest BCUT2D eigenvalue weighted by molar-refractivity contribution is 5.79. The molecule has 1 aliphatic carbocycles. The highest BCUT2D eigenvalue weighted by Gasteiger charge is 2.28. The predicted octanol–water partition coefficient (Wildman–Crippen LogP) is 1.11. The number of rotatable bonds is 2. The van der Waals surface area contributed by atoms with Crippen LogP contribution in [0.15, 0.2) is 4.99 Å². The van der Waals surface area contributed by atoms with Gasteiger partial charge in [-0.1, -0.05) is 19.8 Å². The minimum absolute atomic E-state index is 0.279. The van der Waals surface area contributed by atoms with E-state index in [9.17, 15) is 0 Å². The lowest BCUT2D eigenvalue weighted by Crippen LogP contribution is -2.53. The van der Waals surface area contributed by atoms with Crippen molar-refractivity contribution in [1.29, 1.82) is 0 Å². The van der Waals surface area contributed by atoms with Crippen LogP contribution in [0.5, 0.6) is 0 Å². The quantitative estimate of drug-likeness (QED) is 0.335. The van der Waals surface area contributed by atoms with Crippen LogP contribution in [-0.4, -0.2) is 43.2 Å². The van der Waals surface area contributed by atoms with E-state index in [4.69, 9.17) is 15.6 Å². The Balaban J connectivity index is 1.99. The van der Waals surface area contributed by atoms with E-state index in [-0.39, 0.29) is 6.10 Å². The van der Waals surface area contributed by atoms with Crippen LogP contribution >= 0.6 is 0 Å². The number of guanidine groups is 1. The Bertz CT molecular complexity index is 289. The molecule has 104 valence electrons. The number of nitrogens with two attached hydrogens (primary N) is 1. The van der Waals surface area contributed by atoms with Gasteiger partial charge in [-0.25, -0.2) is 10.8 Å². The van der Waals surface area contributed by atoms with Gasteiger partial charge in [0, 0.05) is 20.2 Å². The van der Waals surface area contributed by atoms with Gasteiger partial charge in [-0.05, 0) is 25.2 Å². The van der Waals surface area contributed by atoms with Crippen molar-refractivity contribution < 1.29 is 4.74 Å². The van der Waals surface area contributed by atoms with Crippen molar-refractivity contribution in [3.05, 3.63) is 0 Å². The summed E-state index contributed by atoms with van der Waals surface area (Å²) in [5, 5.41) is 0. The topological polar surface area (TPSA) is 62.9 Å². The normalized spacial score (nSPS) is 30.8. The highest BCUT2D eigenvalue weighted by atomic mass is 16.5. The van der Waals surface area contributed by atoms with Gasteiger partial charge >= 0.3 is 0 Å². The summed E-state index contributed by atoms with van der Waals surface area (Å²) in [5.74, 6) is 7.09. The van der Waals surface area contributed by atoms with Crippen LogP contribution in [0, 0.1) is 5.92 Å². The smallest absolute Gasteiger partial charge is 0.208 e. The number of ether oxygens (including phenoxy) is 1. The molecule has 2 atom stereocenters. The van der Waals surface area contributed by atoms with Crippen LogP contribution in [0.3, 0.4) is 0 Å². The van der Waals surface area contributed by atoms with Crippen LogP contribution in [0.4, 0.5) is 0 Å². The number of hydrazine groups is 1. The average Bonchev–Trinajstić information content (AvgIpc) is 2.89. The Morgan fingerprint density at radius 2 is 2.06 bits per heavy atom. The van der Waals surface area contributed by atoms with Crippen LogP contribution in [0.25, 0.3) is 0 Å². The molecule has 0 bridgehead atoms. The average molecular weight is 254 g/mol. The third-order valence-corrected chi connectivity index (χ3v) is 4.25. The SMILES string of the molecule is COC1CN(C(=NC2CCCC2)NN)CCC1C. The van der Waals surface area contributed by atoms with Crippen molar-refractivity contribution in [3.8, 4) is 0 Å². The van der Waals surface area contributed by atoms with E-state index in [1.54, 1.807) is 7.11 Å². The summed E-state index contributed by atoms with van der Waals surface area (Å²) in [6, 6.07) is 0.455. The Labute approximate surface area is 110 Å². The van der Waals surface area contributed by atoms with E-state index in [1.807, 2.05) is 0 Å². The molecule has 0 aromatic carbocycles. The van der Waals surface area contributed by atoms with Crippen LogP contribution in [0.2, 0.25) is 0 Å². The van der Waals surface area contributed by atoms with Crippen molar-refractivity contribution in [2.45, 2.75) is 51.2 Å². The van der Waals surface area contributed by atoms with E-state index in [0.717, 1.165) is 25.5 Å². The highest BCUT2D eigenvalue weighted by Crippen LogP contribution is 2.23. The van der Waals surface area contributed by atoms with Crippen molar-refractivity contribution >= 4 is 5.96 Å². The third-order valence-electron chi connectivity index (χ3n) is 4.25. The largest absolute Gasteiger partial charge is 0.379 e. The second-order valence-corrected chi connectivity index (χ2v) is 5.52. The molecular weight excluding hydrogens is 228 g/mol. The Morgan fingerprint density at radius 3 is 2.67 bits per heavy atom. The van der Waals surface area contributed by atoms with E-state index >= 15 is 0 Å². The minimum atomic E-state index is 0.279. The molecule has 1 saturated heterocycles. The lowest BCUT2D eigenvalue weighted by atomic mass is 9.96. The van der Waals surface area contributed by atoms with Gasteiger partial charge in [0.05, 0.1) is 12.1 Å². The van der Waals surface area contributed by atoms with Crippen LogP contribution in [-0.2, 0) is 4.74 Å². The van der Waals surface area contributed by atoms with Crippen molar-refractivity contribution in [2.24, 2.45) is 16.8 Å². The fourth-order valence-corrected chi connectivity index (χ4v) is 2.95. The number of likely N-dealkylation sites (tertiary alicyclic amines) is 1. The predicted molar refractivity (Wildman–Crippen MR) is 73.2 cm³/mol. The van der Waals surface area contributed by atoms with Gasteiger partial charge in [-0.15, -0.1) is 0 Å². The van der Waals surface area contributed by atoms with Crippen molar-refractivity contribution in [2.75, 3.05) is 20.2 Å². The number of nitrogens with one attached hydrogen (secondary N) is 1. The summed E-state index contributed by atoms with van der Waals surface area (Å²) in [5.41, 5.74) is 2.78. The molecule has 2 unspecified atom stereocenters. The maximum atomic E-state index is 5.64. The lowest BCUT2D eigenvalue weighted by Gasteiger charge is -2.37. The number of hydrogen-bond donors (Lipinski definition) is 2. The van der Waals surface area contributed by atoms with Gasteiger partial charge in [0.25, 0.3) is 0 Å². The van der Waals surface area contributed by atoms with E-state index < -0.39 is 0 Å². The Morgan fingerprint density at radius 1 is 1.33 bits per heavy atom. The summed E-state index contributed by atoms with van der Waals surface area (Å²) < 4.78 is 5.53. The standard InChI is InChI=1S/C13H26N4O/c1-10-7-8-17(9-12(10)18-2)13(16-14)15-11-5-3-4-6-11/h10-12H,3-9,14H2,1-2H3,(H,15,16). The zero-order chi connectivity index (χ0) is 13.0. The summed E-state index contributed by atoms with van der Waals surface area (Å²) >= 11 is 0. The first-order valence-electron chi connectivity index (χ1n) is 7.06. The molecule has 0 radical (unpaired) electrons. The summed E-state index contributed by atoms with van der Waals surface area (Å²) in [4.78, 5) is 6.99. The summed E-state index contributed by atoms with van der Waals surface area (Å²) in [7, 11) is 1.79. The third kappa shape index (κ3) is 3.14. The van der Waals surface area contributed by atoms with E-state index in [1.165, 1.54) is 25.7 Å². The first-order chi connectivity index (χ1) is 8.74. The zero-order valence-electron chi connectivity index (χ0n) is 11.6. The molecular formula is C13H26N4O. The maximum Gasteiger partial charge on any atom is 0.208 e. The van der Waals surface area contributed by atoms with Gasteiger partial charge < -0.3 is 9.64 Å². The van der Waals surface area contributed by atoms with Gasteiger partial charge in [0.1, 0.15) is 0 Å². The summed E-state index contributed by atoms with van der Waals surface area (Å²) in [6.07, 6.45) is 6.39. The first-order valence-corrected chi connectivity index (χ1v) is 7.06. The Hall–Kier alpha value is -0.810. The molecule has 1 saturated carbocycles. The molecule has 2 fully saturated rings. The molecule has 2 rings (SSSR count). The molecule has 3 N–H and O–H groups in total. The van der Waals surface area contributed by atoms with Crippen molar-refractivity contribution in [1.82, 2.24) is 10.3 Å².